The molecule has 2 heterocycles. The molecule has 116 valence electrons. The second kappa shape index (κ2) is 6.27. The standard InChI is InChI=1S/C15H16ClN3O3/c1-10-12(16)8-19(18-10)6-2-5-17-15(20)11-3-4-13-14(7-11)22-9-21-13/h3-4,7-8H,2,5-6,9H2,1H3,(H,17,20). The van der Waals surface area contributed by atoms with Gasteiger partial charge in [-0.3, -0.25) is 9.48 Å². The predicted molar refractivity (Wildman–Crippen MR) is 81.5 cm³/mol. The minimum absolute atomic E-state index is 0.132. The normalized spacial score (nSPS) is 12.5. The van der Waals surface area contributed by atoms with Crippen LogP contribution >= 0.6 is 11.6 Å². The van der Waals surface area contributed by atoms with Crippen molar-refractivity contribution in [1.82, 2.24) is 15.1 Å². The van der Waals surface area contributed by atoms with Crippen LogP contribution in [0, 0.1) is 6.92 Å². The van der Waals surface area contributed by atoms with E-state index < -0.39 is 0 Å². The van der Waals surface area contributed by atoms with Crippen LogP contribution in [0.15, 0.2) is 24.4 Å². The summed E-state index contributed by atoms with van der Waals surface area (Å²) < 4.78 is 12.3. The van der Waals surface area contributed by atoms with Crippen molar-refractivity contribution in [2.24, 2.45) is 0 Å². The highest BCUT2D eigenvalue weighted by Gasteiger charge is 2.15. The van der Waals surface area contributed by atoms with E-state index in [1.54, 1.807) is 29.1 Å². The molecule has 0 saturated heterocycles. The van der Waals surface area contributed by atoms with E-state index in [9.17, 15) is 4.79 Å². The lowest BCUT2D eigenvalue weighted by molar-refractivity contribution is 0.0952. The predicted octanol–water partition coefficient (Wildman–Crippen LogP) is 2.39. The number of aryl methyl sites for hydroxylation is 2. The third-order valence-corrected chi connectivity index (χ3v) is 3.74. The largest absolute Gasteiger partial charge is 0.454 e. The number of fused-ring (bicyclic) bond motifs is 1. The zero-order chi connectivity index (χ0) is 15.5. The van der Waals surface area contributed by atoms with Crippen LogP contribution in [0.4, 0.5) is 0 Å². The van der Waals surface area contributed by atoms with Crippen LogP contribution in [0.25, 0.3) is 0 Å². The summed E-state index contributed by atoms with van der Waals surface area (Å²) in [6.45, 7) is 3.32. The van der Waals surface area contributed by atoms with E-state index in [1.165, 1.54) is 0 Å². The lowest BCUT2D eigenvalue weighted by atomic mass is 10.2. The van der Waals surface area contributed by atoms with Crippen LogP contribution in [0.2, 0.25) is 5.02 Å². The van der Waals surface area contributed by atoms with Crippen molar-refractivity contribution in [2.75, 3.05) is 13.3 Å². The number of hydrogen-bond acceptors (Lipinski definition) is 4. The number of carbonyl (C=O) groups excluding carboxylic acids is 1. The first kappa shape index (κ1) is 14.7. The molecule has 3 rings (SSSR count). The van der Waals surface area contributed by atoms with Crippen LogP contribution < -0.4 is 14.8 Å². The molecule has 1 N–H and O–H groups in total. The number of ether oxygens (including phenoxy) is 2. The van der Waals surface area contributed by atoms with Crippen LogP contribution in [-0.4, -0.2) is 29.0 Å². The van der Waals surface area contributed by atoms with Crippen LogP contribution in [0.1, 0.15) is 22.5 Å². The molecule has 1 aliphatic rings. The van der Waals surface area contributed by atoms with Crippen molar-refractivity contribution in [3.8, 4) is 11.5 Å². The number of benzene rings is 1. The zero-order valence-electron chi connectivity index (χ0n) is 12.1. The van der Waals surface area contributed by atoms with E-state index in [1.807, 2.05) is 6.92 Å². The fourth-order valence-electron chi connectivity index (χ4n) is 2.19. The van der Waals surface area contributed by atoms with Crippen molar-refractivity contribution in [3.63, 3.8) is 0 Å². The number of nitrogens with one attached hydrogen (secondary N) is 1. The van der Waals surface area contributed by atoms with Crippen LogP contribution in [0.5, 0.6) is 11.5 Å². The van der Waals surface area contributed by atoms with Crippen molar-refractivity contribution in [1.29, 1.82) is 0 Å². The molecular formula is C15H16ClN3O3. The molecular weight excluding hydrogens is 306 g/mol. The summed E-state index contributed by atoms with van der Waals surface area (Å²) in [5, 5.41) is 7.80. The maximum atomic E-state index is 12.1. The molecule has 1 aliphatic heterocycles. The summed E-state index contributed by atoms with van der Waals surface area (Å²) in [6, 6.07) is 5.15. The molecule has 0 bridgehead atoms. The second-order valence-electron chi connectivity index (χ2n) is 5.00. The molecule has 0 fully saturated rings. The van der Waals surface area contributed by atoms with E-state index in [0.717, 1.165) is 12.1 Å². The summed E-state index contributed by atoms with van der Waals surface area (Å²) in [4.78, 5) is 12.1. The Kier molecular flexibility index (Phi) is 4.20. The smallest absolute Gasteiger partial charge is 0.251 e. The Hall–Kier alpha value is -2.21. The summed E-state index contributed by atoms with van der Waals surface area (Å²) in [5.74, 6) is 1.14. The maximum Gasteiger partial charge on any atom is 0.251 e. The number of rotatable bonds is 5. The monoisotopic (exact) mass is 321 g/mol. The number of carbonyl (C=O) groups is 1. The number of nitrogens with zero attached hydrogens (tertiary/aromatic N) is 2. The molecule has 1 aromatic carbocycles. The highest BCUT2D eigenvalue weighted by atomic mass is 35.5. The van der Waals surface area contributed by atoms with E-state index >= 15 is 0 Å². The van der Waals surface area contributed by atoms with E-state index in [2.05, 4.69) is 10.4 Å². The Morgan fingerprint density at radius 2 is 2.23 bits per heavy atom. The van der Waals surface area contributed by atoms with Gasteiger partial charge >= 0.3 is 0 Å². The fraction of sp³-hybridized carbons (Fsp3) is 0.333. The molecule has 0 aliphatic carbocycles. The van der Waals surface area contributed by atoms with Crippen molar-refractivity contribution in [2.45, 2.75) is 19.9 Å². The molecule has 1 aromatic heterocycles. The molecule has 22 heavy (non-hydrogen) atoms. The Bertz CT molecular complexity index is 680. The second-order valence-corrected chi connectivity index (χ2v) is 5.41. The maximum absolute atomic E-state index is 12.1. The van der Waals surface area contributed by atoms with Gasteiger partial charge in [-0.25, -0.2) is 0 Å². The molecule has 0 spiro atoms. The van der Waals surface area contributed by atoms with E-state index in [-0.39, 0.29) is 12.7 Å². The van der Waals surface area contributed by atoms with Crippen LogP contribution in [-0.2, 0) is 6.54 Å². The lowest BCUT2D eigenvalue weighted by Gasteiger charge is -2.06. The molecule has 6 nitrogen and oxygen atoms in total. The van der Waals surface area contributed by atoms with Crippen molar-refractivity contribution >= 4 is 17.5 Å². The SMILES string of the molecule is Cc1nn(CCCNC(=O)c2ccc3c(c2)OCO3)cc1Cl. The van der Waals surface area contributed by atoms with E-state index in [4.69, 9.17) is 21.1 Å². The average molecular weight is 322 g/mol. The quantitative estimate of drug-likeness (QED) is 0.859. The van der Waals surface area contributed by atoms with Gasteiger partial charge in [0, 0.05) is 24.8 Å². The van der Waals surface area contributed by atoms with E-state index in [0.29, 0.717) is 35.2 Å². The third kappa shape index (κ3) is 3.17. The minimum atomic E-state index is -0.132. The Morgan fingerprint density at radius 3 is 3.00 bits per heavy atom. The molecule has 0 radical (unpaired) electrons. The average Bonchev–Trinajstić information content (AvgIpc) is 3.09. The summed E-state index contributed by atoms with van der Waals surface area (Å²) >= 11 is 5.94. The zero-order valence-corrected chi connectivity index (χ0v) is 12.9. The Balaban J connectivity index is 1.48. The summed E-state index contributed by atoms with van der Waals surface area (Å²) in [6.07, 6.45) is 2.56. The molecule has 1 amide bonds. The van der Waals surface area contributed by atoms with Gasteiger partial charge in [-0.15, -0.1) is 0 Å². The van der Waals surface area contributed by atoms with Gasteiger partial charge in [-0.2, -0.15) is 5.10 Å². The van der Waals surface area contributed by atoms with Gasteiger partial charge in [-0.05, 0) is 31.5 Å². The van der Waals surface area contributed by atoms with Crippen LogP contribution in [0.3, 0.4) is 0 Å². The van der Waals surface area contributed by atoms with Gasteiger partial charge in [-0.1, -0.05) is 11.6 Å². The van der Waals surface area contributed by atoms with Gasteiger partial charge < -0.3 is 14.8 Å². The summed E-state index contributed by atoms with van der Waals surface area (Å²) in [7, 11) is 0. The third-order valence-electron chi connectivity index (χ3n) is 3.37. The molecule has 0 unspecified atom stereocenters. The van der Waals surface area contributed by atoms with Gasteiger partial charge in [0.1, 0.15) is 0 Å². The van der Waals surface area contributed by atoms with Gasteiger partial charge in [0.05, 0.1) is 10.7 Å². The Morgan fingerprint density at radius 1 is 1.41 bits per heavy atom. The number of hydrogen-bond donors (Lipinski definition) is 1. The number of halogens is 1. The molecule has 0 atom stereocenters. The highest BCUT2D eigenvalue weighted by Crippen LogP contribution is 2.32. The highest BCUT2D eigenvalue weighted by molar-refractivity contribution is 6.31. The first-order valence-electron chi connectivity index (χ1n) is 7.01. The molecule has 7 heteroatoms. The van der Waals surface area contributed by atoms with Gasteiger partial charge in [0.15, 0.2) is 11.5 Å². The van der Waals surface area contributed by atoms with Gasteiger partial charge in [0.2, 0.25) is 6.79 Å². The topological polar surface area (TPSA) is 65.4 Å². The van der Waals surface area contributed by atoms with Crippen molar-refractivity contribution in [3.05, 3.63) is 40.7 Å². The first-order chi connectivity index (χ1) is 10.6. The number of amides is 1. The van der Waals surface area contributed by atoms with Crippen molar-refractivity contribution < 1.29 is 14.3 Å². The number of aromatic nitrogens is 2. The van der Waals surface area contributed by atoms with Gasteiger partial charge in [0.25, 0.3) is 5.91 Å². The first-order valence-corrected chi connectivity index (χ1v) is 7.38. The molecule has 2 aromatic rings. The Labute approximate surface area is 133 Å². The fourth-order valence-corrected chi connectivity index (χ4v) is 2.34. The summed E-state index contributed by atoms with van der Waals surface area (Å²) in [5.41, 5.74) is 1.37. The minimum Gasteiger partial charge on any atom is -0.454 e. The molecule has 0 saturated carbocycles. The lowest BCUT2D eigenvalue weighted by Crippen LogP contribution is -2.25.